The maximum atomic E-state index is 5.29. The second kappa shape index (κ2) is 10.3. The monoisotopic (exact) mass is 267 g/mol. The highest BCUT2D eigenvalue weighted by atomic mass is 28.3. The molecule has 0 bridgehead atoms. The summed E-state index contributed by atoms with van der Waals surface area (Å²) in [6.45, 7) is 2.05. The first kappa shape index (κ1) is 15.4. The number of rotatable bonds is 10. The number of unbranched alkanes of at least 4 members (excludes halogenated alkanes) is 2. The first-order chi connectivity index (χ1) is 8.86. The Kier molecular flexibility index (Phi) is 8.76. The average Bonchev–Trinajstić information content (AvgIpc) is 2.43. The molecule has 0 atom stereocenters. The predicted octanol–water partition coefficient (Wildman–Crippen LogP) is 2.46. The minimum absolute atomic E-state index is 0.967. The van der Waals surface area contributed by atoms with Crippen molar-refractivity contribution in [1.29, 1.82) is 0 Å². The molecule has 0 saturated heterocycles. The summed E-state index contributed by atoms with van der Waals surface area (Å²) in [7, 11) is 2.18. The Morgan fingerprint density at radius 2 is 1.72 bits per heavy atom. The summed E-state index contributed by atoms with van der Waals surface area (Å²) in [4.78, 5) is 0. The van der Waals surface area contributed by atoms with Crippen LogP contribution in [0.3, 0.4) is 0 Å². The predicted molar refractivity (Wildman–Crippen MR) is 78.0 cm³/mol. The highest BCUT2D eigenvalue weighted by molar-refractivity contribution is 6.44. The van der Waals surface area contributed by atoms with E-state index in [4.69, 9.17) is 8.85 Å². The minimum Gasteiger partial charge on any atom is -0.400 e. The fraction of sp³-hybridized carbons (Fsp3) is 0.571. The zero-order valence-corrected chi connectivity index (χ0v) is 12.7. The molecule has 0 aromatic heterocycles. The molecule has 0 aliphatic rings. The van der Waals surface area contributed by atoms with Gasteiger partial charge in [0.25, 0.3) is 0 Å². The lowest BCUT2D eigenvalue weighted by atomic mass is 10.2. The van der Waals surface area contributed by atoms with E-state index in [1.807, 2.05) is 0 Å². The lowest BCUT2D eigenvalue weighted by Crippen LogP contribution is -2.18. The zero-order chi connectivity index (χ0) is 13.1. The van der Waals surface area contributed by atoms with Gasteiger partial charge in [0.15, 0.2) is 0 Å². The quantitative estimate of drug-likeness (QED) is 0.522. The Labute approximate surface area is 112 Å². The fourth-order valence-electron chi connectivity index (χ4n) is 1.90. The summed E-state index contributed by atoms with van der Waals surface area (Å²) in [6.07, 6.45) is 3.69. The van der Waals surface area contributed by atoms with E-state index >= 15 is 0 Å². The zero-order valence-electron chi connectivity index (χ0n) is 11.5. The summed E-state index contributed by atoms with van der Waals surface area (Å²) < 4.78 is 10.6. The van der Waals surface area contributed by atoms with Crippen molar-refractivity contribution in [2.75, 3.05) is 20.8 Å². The van der Waals surface area contributed by atoms with Crippen LogP contribution < -0.4 is 5.32 Å². The highest BCUT2D eigenvalue weighted by Gasteiger charge is 2.07. The van der Waals surface area contributed by atoms with Crippen LogP contribution in [0.5, 0.6) is 0 Å². The highest BCUT2D eigenvalue weighted by Crippen LogP contribution is 2.05. The van der Waals surface area contributed by atoms with Gasteiger partial charge in [-0.25, -0.2) is 0 Å². The molecule has 4 heteroatoms. The Balaban J connectivity index is 1.93. The molecular weight excluding hydrogens is 242 g/mol. The molecule has 0 saturated carbocycles. The van der Waals surface area contributed by atoms with Gasteiger partial charge in [0.2, 0.25) is 0 Å². The molecule has 0 aliphatic heterocycles. The van der Waals surface area contributed by atoms with Crippen LogP contribution in [0.15, 0.2) is 30.3 Å². The molecule has 0 amide bonds. The van der Waals surface area contributed by atoms with Crippen LogP contribution in [0.4, 0.5) is 0 Å². The van der Waals surface area contributed by atoms with Gasteiger partial charge in [0, 0.05) is 20.8 Å². The van der Waals surface area contributed by atoms with Crippen LogP contribution in [0.1, 0.15) is 24.8 Å². The van der Waals surface area contributed by atoms with Gasteiger partial charge in [0.05, 0.1) is 0 Å². The Morgan fingerprint density at radius 1 is 1.00 bits per heavy atom. The van der Waals surface area contributed by atoms with E-state index in [9.17, 15) is 0 Å². The van der Waals surface area contributed by atoms with Gasteiger partial charge in [0.1, 0.15) is 0 Å². The second-order valence-corrected chi connectivity index (χ2v) is 6.79. The molecule has 0 unspecified atom stereocenters. The molecule has 0 fully saturated rings. The Bertz CT molecular complexity index is 291. The van der Waals surface area contributed by atoms with Gasteiger partial charge in [-0.1, -0.05) is 43.2 Å². The van der Waals surface area contributed by atoms with E-state index in [0.29, 0.717) is 0 Å². The molecule has 0 spiro atoms. The molecule has 1 aromatic carbocycles. The summed E-state index contributed by atoms with van der Waals surface area (Å²) >= 11 is 0. The van der Waals surface area contributed by atoms with Crippen LogP contribution in [0.25, 0.3) is 0 Å². The van der Waals surface area contributed by atoms with Crippen molar-refractivity contribution in [3.05, 3.63) is 35.9 Å². The standard InChI is InChI=1S/C14H25NO2Si/c1-16-18(17-2)12-8-4-7-11-15-13-14-9-5-3-6-10-14/h3,5-6,9-10,15,18H,4,7-8,11-13H2,1-2H3. The molecule has 1 aromatic rings. The molecule has 1 N–H and O–H groups in total. The molecule has 0 radical (unpaired) electrons. The summed E-state index contributed by atoms with van der Waals surface area (Å²) in [5.74, 6) is 0. The van der Waals surface area contributed by atoms with Gasteiger partial charge in [-0.2, -0.15) is 0 Å². The van der Waals surface area contributed by atoms with E-state index in [2.05, 4.69) is 35.6 Å². The fourth-order valence-corrected chi connectivity index (χ4v) is 3.18. The maximum Gasteiger partial charge on any atom is 0.320 e. The van der Waals surface area contributed by atoms with Crippen molar-refractivity contribution in [2.24, 2.45) is 0 Å². The van der Waals surface area contributed by atoms with E-state index in [-0.39, 0.29) is 0 Å². The smallest absolute Gasteiger partial charge is 0.320 e. The molecule has 18 heavy (non-hydrogen) atoms. The normalized spacial score (nSPS) is 11.1. The SMILES string of the molecule is CO[SiH](CCCCCNCc1ccccc1)OC. The molecule has 102 valence electrons. The van der Waals surface area contributed by atoms with Gasteiger partial charge < -0.3 is 14.2 Å². The maximum absolute atomic E-state index is 5.29. The topological polar surface area (TPSA) is 30.5 Å². The second-order valence-electron chi connectivity index (χ2n) is 4.41. The first-order valence-corrected chi connectivity index (χ1v) is 8.43. The molecule has 0 aliphatic carbocycles. The number of hydrogen-bond acceptors (Lipinski definition) is 3. The third-order valence-electron chi connectivity index (χ3n) is 2.99. The van der Waals surface area contributed by atoms with E-state index in [1.54, 1.807) is 14.2 Å². The van der Waals surface area contributed by atoms with Gasteiger partial charge in [-0.3, -0.25) is 0 Å². The van der Waals surface area contributed by atoms with Crippen molar-refractivity contribution in [3.8, 4) is 0 Å². The van der Waals surface area contributed by atoms with Gasteiger partial charge >= 0.3 is 9.28 Å². The average molecular weight is 267 g/mol. The Morgan fingerprint density at radius 3 is 2.39 bits per heavy atom. The van der Waals surface area contributed by atoms with Crippen molar-refractivity contribution < 1.29 is 8.85 Å². The first-order valence-electron chi connectivity index (χ1n) is 6.67. The van der Waals surface area contributed by atoms with Crippen LogP contribution in [0, 0.1) is 0 Å². The Hall–Kier alpha value is -0.683. The van der Waals surface area contributed by atoms with Crippen LogP contribution >= 0.6 is 0 Å². The van der Waals surface area contributed by atoms with Gasteiger partial charge in [-0.05, 0) is 24.6 Å². The molecule has 0 heterocycles. The third-order valence-corrected chi connectivity index (χ3v) is 4.92. The van der Waals surface area contributed by atoms with E-state index < -0.39 is 9.28 Å². The van der Waals surface area contributed by atoms with Crippen LogP contribution in [-0.2, 0) is 15.4 Å². The lowest BCUT2D eigenvalue weighted by molar-refractivity contribution is 0.276. The van der Waals surface area contributed by atoms with Crippen molar-refractivity contribution >= 4 is 9.28 Å². The lowest BCUT2D eigenvalue weighted by Gasteiger charge is -2.10. The summed E-state index contributed by atoms with van der Waals surface area (Å²) in [6, 6.07) is 11.6. The van der Waals surface area contributed by atoms with Crippen molar-refractivity contribution in [1.82, 2.24) is 5.32 Å². The molecular formula is C14H25NO2Si. The number of nitrogens with one attached hydrogen (secondary N) is 1. The number of benzene rings is 1. The van der Waals surface area contributed by atoms with Crippen molar-refractivity contribution in [2.45, 2.75) is 31.9 Å². The molecule has 3 nitrogen and oxygen atoms in total. The van der Waals surface area contributed by atoms with E-state index in [1.165, 1.54) is 24.8 Å². The summed E-state index contributed by atoms with van der Waals surface area (Å²) in [5.41, 5.74) is 1.35. The molecule has 1 rings (SSSR count). The van der Waals surface area contributed by atoms with E-state index in [0.717, 1.165) is 19.1 Å². The summed E-state index contributed by atoms with van der Waals surface area (Å²) in [5, 5.41) is 3.47. The largest absolute Gasteiger partial charge is 0.400 e. The van der Waals surface area contributed by atoms with Gasteiger partial charge in [-0.15, -0.1) is 0 Å². The third kappa shape index (κ3) is 6.91. The van der Waals surface area contributed by atoms with Crippen LogP contribution in [0.2, 0.25) is 6.04 Å². The van der Waals surface area contributed by atoms with Crippen LogP contribution in [-0.4, -0.2) is 30.0 Å². The minimum atomic E-state index is -1.32. The van der Waals surface area contributed by atoms with Crippen molar-refractivity contribution in [3.63, 3.8) is 0 Å². The number of hydrogen-bond donors (Lipinski definition) is 1.